The van der Waals surface area contributed by atoms with Gasteiger partial charge in [-0.05, 0) is 81.6 Å². The van der Waals surface area contributed by atoms with Gasteiger partial charge in [-0.1, -0.05) is 0 Å². The lowest BCUT2D eigenvalue weighted by Crippen LogP contribution is -2.42. The summed E-state index contributed by atoms with van der Waals surface area (Å²) in [4.78, 5) is 74.9. The van der Waals surface area contributed by atoms with Gasteiger partial charge in [0, 0.05) is 30.1 Å². The molecule has 3 heterocycles. The Hall–Kier alpha value is -6.09. The number of benzene rings is 1. The normalized spacial score (nSPS) is 10.8. The number of carboxylic acid groups (broad SMARTS) is 2. The van der Waals surface area contributed by atoms with Crippen LogP contribution in [0.15, 0.2) is 59.8 Å². The van der Waals surface area contributed by atoms with E-state index in [1.54, 1.807) is 42.6 Å². The molecule has 4 aromatic rings. The number of hydrogen-bond acceptors (Lipinski definition) is 15. The topological polar surface area (TPSA) is 345 Å². The third-order valence-corrected chi connectivity index (χ3v) is 6.61. The van der Waals surface area contributed by atoms with Gasteiger partial charge in [-0.2, -0.15) is 10.5 Å². The standard InChI is InChI=1S/C20H24N8O4.C6H8N4O.C5H11NO2/c21-8-2-1-3-14(19(31)32)26-17(29)11-4-6-12(7-5-11)23-9-13-10-24-16-15(25-13)18(30)28-20(22)27-16;7-10-9-6(11)5-2-1-3-8-4-5;6-4-2-1-3-5(7)8/h4-7,10,14,23H,1-3,8-9,21H2,(H,26,29)(H,31,32)(H3,22,24,27,28,30);1-4,10H,7H2,(H,9,11);1-4,6H2,(H,7,8). The van der Waals surface area contributed by atoms with Crippen LogP contribution in [0.4, 0.5) is 11.6 Å². The van der Waals surface area contributed by atoms with Crippen LogP contribution in [0, 0.1) is 0 Å². The maximum Gasteiger partial charge on any atom is 0.326 e. The highest BCUT2D eigenvalue weighted by Gasteiger charge is 2.20. The number of aliphatic carboxylic acids is 2. The Labute approximate surface area is 291 Å². The van der Waals surface area contributed by atoms with E-state index in [4.69, 9.17) is 28.2 Å². The summed E-state index contributed by atoms with van der Waals surface area (Å²) in [7, 11) is 0. The number of unbranched alkanes of at least 4 members (excludes halogenated alkanes) is 2. The second kappa shape index (κ2) is 22.5. The Morgan fingerprint density at radius 2 is 1.59 bits per heavy atom. The van der Waals surface area contributed by atoms with Crippen LogP contribution in [-0.4, -0.2) is 78.0 Å². The summed E-state index contributed by atoms with van der Waals surface area (Å²) >= 11 is 0. The van der Waals surface area contributed by atoms with Crippen molar-refractivity contribution in [1.82, 2.24) is 41.2 Å². The molecule has 0 aliphatic heterocycles. The van der Waals surface area contributed by atoms with Crippen molar-refractivity contribution in [3.05, 3.63) is 82.2 Å². The number of anilines is 2. The molecule has 0 aliphatic rings. The maximum atomic E-state index is 12.4. The molecule has 0 saturated carbocycles. The summed E-state index contributed by atoms with van der Waals surface area (Å²) < 4.78 is 0. The highest BCUT2D eigenvalue weighted by atomic mass is 16.4. The molecule has 51 heavy (non-hydrogen) atoms. The number of nitrogens with one attached hydrogen (secondary N) is 5. The van der Waals surface area contributed by atoms with Crippen molar-refractivity contribution >= 4 is 46.6 Å². The van der Waals surface area contributed by atoms with Crippen molar-refractivity contribution in [2.75, 3.05) is 24.1 Å². The van der Waals surface area contributed by atoms with Gasteiger partial charge in [0.25, 0.3) is 17.4 Å². The third kappa shape index (κ3) is 15.3. The van der Waals surface area contributed by atoms with Crippen molar-refractivity contribution in [2.24, 2.45) is 17.3 Å². The SMILES string of the molecule is NCCCCC(=O)O.NCCCCC(NC(=O)c1ccc(NCc2cnc3nc(N)[nH]c(=O)c3n2)cc1)C(=O)O.NNNC(=O)c1cccnc1. The molecular formula is C31H43N13O7. The Kier molecular flexibility index (Phi) is 18.1. The summed E-state index contributed by atoms with van der Waals surface area (Å²) in [6, 6.07) is 8.88. The molecule has 274 valence electrons. The number of nitrogens with two attached hydrogens (primary N) is 4. The van der Waals surface area contributed by atoms with Crippen LogP contribution < -0.4 is 50.2 Å². The molecule has 15 N–H and O–H groups in total. The fraction of sp³-hybridized carbons (Fsp3) is 0.323. The lowest BCUT2D eigenvalue weighted by molar-refractivity contribution is -0.139. The van der Waals surface area contributed by atoms with E-state index in [0.717, 1.165) is 6.42 Å². The number of carbonyl (C=O) groups excluding carboxylic acids is 2. The molecule has 0 spiro atoms. The molecule has 20 heteroatoms. The number of aromatic amines is 1. The van der Waals surface area contributed by atoms with E-state index in [1.807, 2.05) is 5.53 Å². The highest BCUT2D eigenvalue weighted by molar-refractivity contribution is 5.97. The molecule has 1 atom stereocenters. The first-order chi connectivity index (χ1) is 24.5. The molecule has 2 amide bonds. The van der Waals surface area contributed by atoms with Gasteiger partial charge in [0.1, 0.15) is 6.04 Å². The first-order valence-corrected chi connectivity index (χ1v) is 15.7. The van der Waals surface area contributed by atoms with E-state index in [1.165, 1.54) is 12.4 Å². The minimum atomic E-state index is -1.08. The molecule has 1 aromatic carbocycles. The van der Waals surface area contributed by atoms with E-state index in [0.29, 0.717) is 61.3 Å². The fourth-order valence-corrected chi connectivity index (χ4v) is 4.04. The van der Waals surface area contributed by atoms with Crippen LogP contribution in [0.3, 0.4) is 0 Å². The number of nitrogens with zero attached hydrogens (tertiary/aromatic N) is 4. The number of fused-ring (bicyclic) bond motifs is 1. The van der Waals surface area contributed by atoms with Crippen molar-refractivity contribution < 1.29 is 29.4 Å². The third-order valence-electron chi connectivity index (χ3n) is 6.61. The number of pyridine rings is 1. The van der Waals surface area contributed by atoms with E-state index >= 15 is 0 Å². The molecule has 1 unspecified atom stereocenters. The maximum absolute atomic E-state index is 12.4. The molecule has 0 bridgehead atoms. The highest BCUT2D eigenvalue weighted by Crippen LogP contribution is 2.12. The van der Waals surface area contributed by atoms with Crippen LogP contribution >= 0.6 is 0 Å². The Morgan fingerprint density at radius 1 is 0.882 bits per heavy atom. The van der Waals surface area contributed by atoms with E-state index in [-0.39, 0.29) is 36.0 Å². The largest absolute Gasteiger partial charge is 0.481 e. The predicted octanol–water partition coefficient (Wildman–Crippen LogP) is -0.391. The quantitative estimate of drug-likeness (QED) is 0.0400. The van der Waals surface area contributed by atoms with Gasteiger partial charge in [-0.15, -0.1) is 0 Å². The summed E-state index contributed by atoms with van der Waals surface area (Å²) in [6.07, 6.45) is 7.91. The van der Waals surface area contributed by atoms with Crippen molar-refractivity contribution in [3.63, 3.8) is 0 Å². The van der Waals surface area contributed by atoms with Crippen LogP contribution in [0.2, 0.25) is 0 Å². The van der Waals surface area contributed by atoms with Gasteiger partial charge in [-0.3, -0.25) is 40.4 Å². The average Bonchev–Trinajstić information content (AvgIpc) is 3.11. The number of H-pyrrole nitrogens is 1. The molecule has 0 aliphatic carbocycles. The number of carboxylic acids is 2. The fourth-order valence-electron chi connectivity index (χ4n) is 4.04. The molecule has 20 nitrogen and oxygen atoms in total. The van der Waals surface area contributed by atoms with Crippen molar-refractivity contribution in [3.8, 4) is 0 Å². The van der Waals surface area contributed by atoms with Gasteiger partial charge in [0.05, 0.1) is 24.0 Å². The number of carbonyl (C=O) groups is 4. The molecule has 3 aromatic heterocycles. The zero-order chi connectivity index (χ0) is 37.6. The van der Waals surface area contributed by atoms with Crippen LogP contribution in [-0.2, 0) is 16.1 Å². The van der Waals surface area contributed by atoms with Crippen LogP contribution in [0.5, 0.6) is 0 Å². The number of hydrazine groups is 2. The van der Waals surface area contributed by atoms with E-state index in [2.05, 4.69) is 41.0 Å². The van der Waals surface area contributed by atoms with E-state index in [9.17, 15) is 29.1 Å². The number of amides is 2. The zero-order valence-electron chi connectivity index (χ0n) is 27.7. The lowest BCUT2D eigenvalue weighted by Gasteiger charge is -2.14. The monoisotopic (exact) mass is 709 g/mol. The second-order valence-corrected chi connectivity index (χ2v) is 10.5. The van der Waals surface area contributed by atoms with Gasteiger partial charge >= 0.3 is 11.9 Å². The van der Waals surface area contributed by atoms with Gasteiger partial charge in [0.2, 0.25) is 5.95 Å². The van der Waals surface area contributed by atoms with E-state index < -0.39 is 29.4 Å². The summed E-state index contributed by atoms with van der Waals surface area (Å²) in [5.74, 6) is 2.24. The van der Waals surface area contributed by atoms with Gasteiger partial charge < -0.3 is 38.0 Å². The Bertz CT molecular complexity index is 1760. The van der Waals surface area contributed by atoms with Crippen molar-refractivity contribution in [2.45, 2.75) is 51.1 Å². The van der Waals surface area contributed by atoms with Crippen molar-refractivity contribution in [1.29, 1.82) is 0 Å². The summed E-state index contributed by atoms with van der Waals surface area (Å²) in [5, 5.41) is 23.0. The first-order valence-electron chi connectivity index (χ1n) is 15.7. The predicted molar refractivity (Wildman–Crippen MR) is 187 cm³/mol. The minimum absolute atomic E-state index is 0.0305. The van der Waals surface area contributed by atoms with Crippen LogP contribution in [0.1, 0.15) is 64.9 Å². The Balaban J connectivity index is 0.000000386. The molecular weight excluding hydrogens is 666 g/mol. The summed E-state index contributed by atoms with van der Waals surface area (Å²) in [6.45, 7) is 1.34. The first kappa shape index (κ1) is 41.1. The number of aromatic nitrogens is 5. The summed E-state index contributed by atoms with van der Waals surface area (Å²) in [5.41, 5.74) is 22.1. The van der Waals surface area contributed by atoms with Gasteiger partial charge in [-0.25, -0.2) is 14.8 Å². The number of hydrogen-bond donors (Lipinski definition) is 11. The van der Waals surface area contributed by atoms with Crippen LogP contribution in [0.25, 0.3) is 11.2 Å². The number of nitrogen functional groups attached to an aromatic ring is 1. The lowest BCUT2D eigenvalue weighted by atomic mass is 10.1. The molecule has 0 saturated heterocycles. The Morgan fingerprint density at radius 3 is 2.20 bits per heavy atom. The second-order valence-electron chi connectivity index (χ2n) is 10.5. The molecule has 4 rings (SSSR count). The average molecular weight is 710 g/mol. The molecule has 0 radical (unpaired) electrons. The van der Waals surface area contributed by atoms with Gasteiger partial charge in [0.15, 0.2) is 11.2 Å². The minimum Gasteiger partial charge on any atom is -0.481 e. The smallest absolute Gasteiger partial charge is 0.326 e. The zero-order valence-corrected chi connectivity index (χ0v) is 27.7. The number of rotatable bonds is 16. The molecule has 0 fully saturated rings.